The molecule has 0 bridgehead atoms. The van der Waals surface area contributed by atoms with Crippen LogP contribution in [0.5, 0.6) is 0 Å². The van der Waals surface area contributed by atoms with Gasteiger partial charge in [0.2, 0.25) is 0 Å². The van der Waals surface area contributed by atoms with E-state index in [2.05, 4.69) is 4.98 Å². The van der Waals surface area contributed by atoms with Gasteiger partial charge in [0, 0.05) is 5.02 Å². The van der Waals surface area contributed by atoms with Gasteiger partial charge in [-0.25, -0.2) is 9.59 Å². The summed E-state index contributed by atoms with van der Waals surface area (Å²) < 4.78 is 1.32. The van der Waals surface area contributed by atoms with Crippen molar-refractivity contribution < 1.29 is 9.90 Å². The van der Waals surface area contributed by atoms with E-state index >= 15 is 0 Å². The molecule has 0 radical (unpaired) electrons. The van der Waals surface area contributed by atoms with Gasteiger partial charge >= 0.3 is 11.7 Å². The molecule has 0 aliphatic rings. The van der Waals surface area contributed by atoms with Gasteiger partial charge in [0.15, 0.2) is 0 Å². The van der Waals surface area contributed by atoms with Crippen LogP contribution in [0.2, 0.25) is 10.0 Å². The van der Waals surface area contributed by atoms with Gasteiger partial charge in [-0.2, -0.15) is 0 Å². The third-order valence-electron chi connectivity index (χ3n) is 3.10. The van der Waals surface area contributed by atoms with Gasteiger partial charge in [-0.3, -0.25) is 4.57 Å². The van der Waals surface area contributed by atoms with E-state index in [0.29, 0.717) is 21.2 Å². The van der Waals surface area contributed by atoms with E-state index in [0.717, 1.165) is 0 Å². The highest BCUT2D eigenvalue weighted by molar-refractivity contribution is 6.35. The van der Waals surface area contributed by atoms with E-state index in [1.165, 1.54) is 16.7 Å². The number of imidazole rings is 1. The number of aromatic nitrogens is 2. The number of carbonyl (C=O) groups is 1. The average molecular weight is 323 g/mol. The first-order chi connectivity index (χ1) is 9.99. The van der Waals surface area contributed by atoms with Crippen molar-refractivity contribution in [2.75, 3.05) is 0 Å². The fourth-order valence-corrected chi connectivity index (χ4v) is 2.70. The molecular formula is C14H8Cl2N2O3. The summed E-state index contributed by atoms with van der Waals surface area (Å²) in [6.07, 6.45) is 0. The predicted molar refractivity (Wildman–Crippen MR) is 80.9 cm³/mol. The van der Waals surface area contributed by atoms with Crippen LogP contribution in [0.4, 0.5) is 0 Å². The Balaban J connectivity index is 2.39. The number of carboxylic acids is 1. The van der Waals surface area contributed by atoms with E-state index in [1.807, 2.05) is 0 Å². The van der Waals surface area contributed by atoms with E-state index in [-0.39, 0.29) is 11.1 Å². The van der Waals surface area contributed by atoms with Crippen molar-refractivity contribution in [3.63, 3.8) is 0 Å². The van der Waals surface area contributed by atoms with Crippen LogP contribution in [0, 0.1) is 0 Å². The number of carboxylic acid groups (broad SMARTS) is 1. The molecule has 0 saturated carbocycles. The molecule has 0 fully saturated rings. The second-order valence-electron chi connectivity index (χ2n) is 4.37. The Hall–Kier alpha value is -2.24. The number of hydrogen-bond acceptors (Lipinski definition) is 2. The number of nitrogens with zero attached hydrogens (tertiary/aromatic N) is 1. The topological polar surface area (TPSA) is 75.1 Å². The first-order valence-corrected chi connectivity index (χ1v) is 6.67. The standard InChI is InChI=1S/C14H8Cl2N2O3/c15-7-4-5-10(9(16)6-7)18-11-3-1-2-8(13(19)20)12(11)17-14(18)21/h1-6H,(H,17,21)(H,19,20). The number of H-pyrrole nitrogens is 1. The van der Waals surface area contributed by atoms with Crippen LogP contribution in [0.1, 0.15) is 10.4 Å². The zero-order valence-electron chi connectivity index (χ0n) is 10.4. The maximum absolute atomic E-state index is 12.2. The minimum atomic E-state index is -1.11. The fourth-order valence-electron chi connectivity index (χ4n) is 2.21. The molecule has 106 valence electrons. The number of fused-ring (bicyclic) bond motifs is 1. The number of nitrogens with one attached hydrogen (secondary N) is 1. The molecule has 7 heteroatoms. The van der Waals surface area contributed by atoms with Crippen molar-refractivity contribution in [1.82, 2.24) is 9.55 Å². The molecule has 0 atom stereocenters. The predicted octanol–water partition coefficient (Wildman–Crippen LogP) is 3.32. The Labute approximate surface area is 128 Å². The van der Waals surface area contributed by atoms with Crippen LogP contribution in [-0.2, 0) is 0 Å². The van der Waals surface area contributed by atoms with Crippen LogP contribution >= 0.6 is 23.2 Å². The summed E-state index contributed by atoms with van der Waals surface area (Å²) in [5.74, 6) is -1.11. The third-order valence-corrected chi connectivity index (χ3v) is 3.64. The zero-order valence-corrected chi connectivity index (χ0v) is 11.9. The lowest BCUT2D eigenvalue weighted by Gasteiger charge is -2.06. The number of aromatic amines is 1. The quantitative estimate of drug-likeness (QED) is 0.759. The Morgan fingerprint density at radius 1 is 1.19 bits per heavy atom. The summed E-state index contributed by atoms with van der Waals surface area (Å²) in [5.41, 5.74) is 0.668. The number of benzene rings is 2. The van der Waals surface area contributed by atoms with Crippen molar-refractivity contribution in [2.24, 2.45) is 0 Å². The second-order valence-corrected chi connectivity index (χ2v) is 5.21. The molecule has 21 heavy (non-hydrogen) atoms. The van der Waals surface area contributed by atoms with E-state index in [1.54, 1.807) is 24.3 Å². The van der Waals surface area contributed by atoms with Crippen LogP contribution in [0.25, 0.3) is 16.7 Å². The molecule has 0 amide bonds. The first kappa shape index (κ1) is 13.7. The van der Waals surface area contributed by atoms with Gasteiger partial charge in [0.05, 0.1) is 27.3 Å². The normalized spacial score (nSPS) is 11.0. The van der Waals surface area contributed by atoms with E-state index < -0.39 is 11.7 Å². The molecule has 0 spiro atoms. The molecule has 0 saturated heterocycles. The number of rotatable bonds is 2. The SMILES string of the molecule is O=C(O)c1cccc2c1[nH]c(=O)n2-c1ccc(Cl)cc1Cl. The lowest BCUT2D eigenvalue weighted by molar-refractivity contribution is 0.0699. The Morgan fingerprint density at radius 2 is 1.95 bits per heavy atom. The zero-order chi connectivity index (χ0) is 15.1. The number of aromatic carboxylic acids is 1. The average Bonchev–Trinajstić information content (AvgIpc) is 2.74. The summed E-state index contributed by atoms with van der Waals surface area (Å²) in [7, 11) is 0. The molecule has 1 aromatic heterocycles. The monoisotopic (exact) mass is 322 g/mol. The van der Waals surface area contributed by atoms with E-state index in [4.69, 9.17) is 28.3 Å². The van der Waals surface area contributed by atoms with Gasteiger partial charge in [0.1, 0.15) is 0 Å². The Kier molecular flexibility index (Phi) is 3.23. The first-order valence-electron chi connectivity index (χ1n) is 5.91. The van der Waals surface area contributed by atoms with Crippen LogP contribution in [0.15, 0.2) is 41.2 Å². The number of para-hydroxylation sites is 1. The molecule has 3 rings (SSSR count). The lowest BCUT2D eigenvalue weighted by Crippen LogP contribution is -2.14. The highest BCUT2D eigenvalue weighted by Gasteiger charge is 2.16. The van der Waals surface area contributed by atoms with Crippen molar-refractivity contribution in [3.8, 4) is 5.69 Å². The molecular weight excluding hydrogens is 315 g/mol. The van der Waals surface area contributed by atoms with Crippen LogP contribution in [0.3, 0.4) is 0 Å². The highest BCUT2D eigenvalue weighted by atomic mass is 35.5. The molecule has 2 aromatic carbocycles. The molecule has 0 unspecified atom stereocenters. The van der Waals surface area contributed by atoms with Gasteiger partial charge in [-0.15, -0.1) is 0 Å². The second kappa shape index (κ2) is 4.95. The summed E-state index contributed by atoms with van der Waals surface area (Å²) >= 11 is 12.0. The lowest BCUT2D eigenvalue weighted by atomic mass is 10.2. The summed E-state index contributed by atoms with van der Waals surface area (Å²) in [6.45, 7) is 0. The van der Waals surface area contributed by atoms with Gasteiger partial charge in [0.25, 0.3) is 0 Å². The summed E-state index contributed by atoms with van der Waals surface area (Å²) in [5, 5.41) is 9.91. The third kappa shape index (κ3) is 2.20. The van der Waals surface area contributed by atoms with E-state index in [9.17, 15) is 9.59 Å². The molecule has 1 heterocycles. The minimum absolute atomic E-state index is 0.0217. The number of halogens is 2. The maximum atomic E-state index is 12.2. The van der Waals surface area contributed by atoms with Gasteiger partial charge in [-0.1, -0.05) is 29.3 Å². The smallest absolute Gasteiger partial charge is 0.337 e. The van der Waals surface area contributed by atoms with Gasteiger partial charge in [-0.05, 0) is 30.3 Å². The highest BCUT2D eigenvalue weighted by Crippen LogP contribution is 2.26. The number of hydrogen-bond donors (Lipinski definition) is 2. The summed E-state index contributed by atoms with van der Waals surface area (Å²) in [4.78, 5) is 25.9. The Morgan fingerprint density at radius 3 is 2.62 bits per heavy atom. The minimum Gasteiger partial charge on any atom is -0.478 e. The largest absolute Gasteiger partial charge is 0.478 e. The fraction of sp³-hybridized carbons (Fsp3) is 0. The molecule has 3 aromatic rings. The molecule has 0 aliphatic carbocycles. The van der Waals surface area contributed by atoms with Crippen LogP contribution in [-0.4, -0.2) is 20.6 Å². The Bertz CT molecular complexity index is 928. The van der Waals surface area contributed by atoms with Crippen molar-refractivity contribution in [3.05, 3.63) is 62.5 Å². The molecule has 5 nitrogen and oxygen atoms in total. The van der Waals surface area contributed by atoms with Crippen molar-refractivity contribution in [1.29, 1.82) is 0 Å². The van der Waals surface area contributed by atoms with Gasteiger partial charge < -0.3 is 10.1 Å². The van der Waals surface area contributed by atoms with Crippen molar-refractivity contribution in [2.45, 2.75) is 0 Å². The molecule has 0 aliphatic heterocycles. The van der Waals surface area contributed by atoms with Crippen molar-refractivity contribution >= 4 is 40.2 Å². The van der Waals surface area contributed by atoms with Crippen LogP contribution < -0.4 is 5.69 Å². The summed E-state index contributed by atoms with van der Waals surface area (Å²) in [6, 6.07) is 9.37. The maximum Gasteiger partial charge on any atom is 0.337 e. The molecule has 2 N–H and O–H groups in total.